The first-order valence-electron chi connectivity index (χ1n) is 11.6. The summed E-state index contributed by atoms with van der Waals surface area (Å²) in [5.74, 6) is 0.308. The third-order valence-electron chi connectivity index (χ3n) is 5.41. The number of aryl methyl sites for hydroxylation is 1. The van der Waals surface area contributed by atoms with Crippen LogP contribution in [-0.2, 0) is 6.42 Å². The summed E-state index contributed by atoms with van der Waals surface area (Å²) in [6.07, 6.45) is 15.4. The van der Waals surface area contributed by atoms with E-state index in [1.807, 2.05) is 25.3 Å². The van der Waals surface area contributed by atoms with Crippen molar-refractivity contribution in [3.8, 4) is 17.0 Å². The number of aromatic nitrogens is 1. The minimum absolute atomic E-state index is 0.101. The Morgan fingerprint density at radius 1 is 0.897 bits per heavy atom. The molecule has 0 spiro atoms. The van der Waals surface area contributed by atoms with Gasteiger partial charge in [0.2, 0.25) is 0 Å². The zero-order valence-electron chi connectivity index (χ0n) is 18.6. The Labute approximate surface area is 176 Å². The van der Waals surface area contributed by atoms with Crippen LogP contribution in [0.25, 0.3) is 11.3 Å². The van der Waals surface area contributed by atoms with Crippen LogP contribution in [0, 0.1) is 5.82 Å². The summed E-state index contributed by atoms with van der Waals surface area (Å²) in [4.78, 5) is 4.50. The van der Waals surface area contributed by atoms with Gasteiger partial charge in [-0.2, -0.15) is 0 Å². The van der Waals surface area contributed by atoms with Crippen molar-refractivity contribution in [1.82, 2.24) is 4.98 Å². The SMILES string of the molecule is CCCCCCCCCc1ccc(-c2ccc(O[C@@H](C)CCCC)cc2F)nc1. The Balaban J connectivity index is 1.84. The van der Waals surface area contributed by atoms with Crippen molar-refractivity contribution < 1.29 is 9.13 Å². The molecule has 0 bridgehead atoms. The number of pyridine rings is 1. The maximum absolute atomic E-state index is 14.6. The van der Waals surface area contributed by atoms with Gasteiger partial charge in [-0.1, -0.05) is 71.3 Å². The second-order valence-corrected chi connectivity index (χ2v) is 8.14. The van der Waals surface area contributed by atoms with Crippen LogP contribution in [0.2, 0.25) is 0 Å². The highest BCUT2D eigenvalue weighted by atomic mass is 19.1. The number of rotatable bonds is 14. The van der Waals surface area contributed by atoms with E-state index in [0.29, 0.717) is 17.0 Å². The van der Waals surface area contributed by atoms with E-state index < -0.39 is 0 Å². The molecule has 160 valence electrons. The summed E-state index contributed by atoms with van der Waals surface area (Å²) >= 11 is 0. The molecule has 2 rings (SSSR count). The lowest BCUT2D eigenvalue weighted by Crippen LogP contribution is -2.11. The summed E-state index contributed by atoms with van der Waals surface area (Å²) in [5, 5.41) is 0. The molecule has 0 aliphatic rings. The van der Waals surface area contributed by atoms with Crippen LogP contribution in [0.4, 0.5) is 4.39 Å². The molecule has 1 aromatic heterocycles. The first-order chi connectivity index (χ1) is 14.1. The Bertz CT molecular complexity index is 698. The fourth-order valence-corrected chi connectivity index (χ4v) is 3.58. The van der Waals surface area contributed by atoms with Crippen LogP contribution >= 0.6 is 0 Å². The van der Waals surface area contributed by atoms with Gasteiger partial charge in [0.15, 0.2) is 0 Å². The first kappa shape index (κ1) is 23.4. The van der Waals surface area contributed by atoms with E-state index in [4.69, 9.17) is 4.74 Å². The van der Waals surface area contributed by atoms with Crippen molar-refractivity contribution in [3.63, 3.8) is 0 Å². The van der Waals surface area contributed by atoms with Gasteiger partial charge in [0.1, 0.15) is 11.6 Å². The maximum Gasteiger partial charge on any atom is 0.136 e. The van der Waals surface area contributed by atoms with Crippen LogP contribution < -0.4 is 4.74 Å². The molecule has 0 fully saturated rings. The predicted molar refractivity (Wildman–Crippen MR) is 121 cm³/mol. The van der Waals surface area contributed by atoms with E-state index in [9.17, 15) is 4.39 Å². The van der Waals surface area contributed by atoms with Crippen LogP contribution in [0.1, 0.15) is 90.5 Å². The van der Waals surface area contributed by atoms with Gasteiger partial charge in [-0.05, 0) is 49.9 Å². The third-order valence-corrected chi connectivity index (χ3v) is 5.41. The van der Waals surface area contributed by atoms with Crippen molar-refractivity contribution in [1.29, 1.82) is 0 Å². The van der Waals surface area contributed by atoms with Crippen LogP contribution in [0.15, 0.2) is 36.5 Å². The lowest BCUT2D eigenvalue weighted by atomic mass is 10.0. The molecule has 0 saturated carbocycles. The number of halogens is 1. The molecule has 1 heterocycles. The maximum atomic E-state index is 14.6. The average molecular weight is 400 g/mol. The third kappa shape index (κ3) is 8.55. The highest BCUT2D eigenvalue weighted by Gasteiger charge is 2.10. The van der Waals surface area contributed by atoms with Crippen LogP contribution in [-0.4, -0.2) is 11.1 Å². The molecule has 2 nitrogen and oxygen atoms in total. The Kier molecular flexibility index (Phi) is 10.8. The molecule has 2 aromatic rings. The molecule has 0 unspecified atom stereocenters. The van der Waals surface area contributed by atoms with Gasteiger partial charge in [0.25, 0.3) is 0 Å². The van der Waals surface area contributed by atoms with Crippen LogP contribution in [0.3, 0.4) is 0 Å². The molecule has 1 aromatic carbocycles. The van der Waals surface area contributed by atoms with Crippen molar-refractivity contribution in [2.75, 3.05) is 0 Å². The topological polar surface area (TPSA) is 22.1 Å². The predicted octanol–water partition coefficient (Wildman–Crippen LogP) is 8.14. The number of nitrogens with zero attached hydrogens (tertiary/aromatic N) is 1. The number of hydrogen-bond acceptors (Lipinski definition) is 2. The second kappa shape index (κ2) is 13.3. The van der Waals surface area contributed by atoms with Gasteiger partial charge in [0.05, 0.1) is 11.8 Å². The normalized spacial score (nSPS) is 12.1. The van der Waals surface area contributed by atoms with E-state index in [-0.39, 0.29) is 11.9 Å². The second-order valence-electron chi connectivity index (χ2n) is 8.14. The largest absolute Gasteiger partial charge is 0.491 e. The minimum Gasteiger partial charge on any atom is -0.491 e. The number of unbranched alkanes of at least 4 members (excludes halogenated alkanes) is 7. The smallest absolute Gasteiger partial charge is 0.136 e. The Hall–Kier alpha value is -1.90. The van der Waals surface area contributed by atoms with Gasteiger partial charge in [-0.25, -0.2) is 4.39 Å². The van der Waals surface area contributed by atoms with Gasteiger partial charge < -0.3 is 4.74 Å². The molecule has 1 atom stereocenters. The number of hydrogen-bond donors (Lipinski definition) is 0. The van der Waals surface area contributed by atoms with Crippen molar-refractivity contribution in [3.05, 3.63) is 47.9 Å². The van der Waals surface area contributed by atoms with E-state index in [1.165, 1.54) is 56.6 Å². The van der Waals surface area contributed by atoms with Gasteiger partial charge >= 0.3 is 0 Å². The van der Waals surface area contributed by atoms with E-state index >= 15 is 0 Å². The average Bonchev–Trinajstić information content (AvgIpc) is 2.72. The molecular formula is C26H38FNO. The molecule has 0 radical (unpaired) electrons. The minimum atomic E-state index is -0.280. The van der Waals surface area contributed by atoms with E-state index in [2.05, 4.69) is 24.9 Å². The molecule has 0 aliphatic carbocycles. The fourth-order valence-electron chi connectivity index (χ4n) is 3.58. The van der Waals surface area contributed by atoms with Gasteiger partial charge in [0, 0.05) is 17.8 Å². The summed E-state index contributed by atoms with van der Waals surface area (Å²) in [5.41, 5.74) is 2.44. The van der Waals surface area contributed by atoms with Crippen LogP contribution in [0.5, 0.6) is 5.75 Å². The summed E-state index contributed by atoms with van der Waals surface area (Å²) in [7, 11) is 0. The molecule has 0 aliphatic heterocycles. The lowest BCUT2D eigenvalue weighted by molar-refractivity contribution is 0.206. The van der Waals surface area contributed by atoms with E-state index in [0.717, 1.165) is 25.7 Å². The van der Waals surface area contributed by atoms with Crippen molar-refractivity contribution in [2.24, 2.45) is 0 Å². The molecule has 29 heavy (non-hydrogen) atoms. The zero-order valence-corrected chi connectivity index (χ0v) is 18.6. The highest BCUT2D eigenvalue weighted by molar-refractivity contribution is 5.61. The van der Waals surface area contributed by atoms with Crippen molar-refractivity contribution >= 4 is 0 Å². The monoisotopic (exact) mass is 399 g/mol. The standard InChI is InChI=1S/C26H38FNO/c1-4-6-8-9-10-11-12-14-22-15-18-26(28-20-22)24-17-16-23(19-25(24)27)29-21(3)13-7-5-2/h15-21H,4-14H2,1-3H3/t21-/m0/s1. The summed E-state index contributed by atoms with van der Waals surface area (Å²) in [6, 6.07) is 9.10. The quantitative estimate of drug-likeness (QED) is 0.299. The van der Waals surface area contributed by atoms with E-state index in [1.54, 1.807) is 6.07 Å². The lowest BCUT2D eigenvalue weighted by Gasteiger charge is -2.15. The number of benzene rings is 1. The molecule has 0 N–H and O–H groups in total. The molecule has 0 amide bonds. The summed E-state index contributed by atoms with van der Waals surface area (Å²) in [6.45, 7) is 6.45. The number of ether oxygens (including phenoxy) is 1. The first-order valence-corrected chi connectivity index (χ1v) is 11.6. The molecular weight excluding hydrogens is 361 g/mol. The van der Waals surface area contributed by atoms with Crippen molar-refractivity contribution in [2.45, 2.75) is 97.5 Å². The summed E-state index contributed by atoms with van der Waals surface area (Å²) < 4.78 is 20.4. The zero-order chi connectivity index (χ0) is 20.9. The molecule has 3 heteroatoms. The Morgan fingerprint density at radius 3 is 2.28 bits per heavy atom. The molecule has 0 saturated heterocycles. The Morgan fingerprint density at radius 2 is 1.62 bits per heavy atom. The highest BCUT2D eigenvalue weighted by Crippen LogP contribution is 2.26. The van der Waals surface area contributed by atoms with Gasteiger partial charge in [-0.3, -0.25) is 4.98 Å². The van der Waals surface area contributed by atoms with Gasteiger partial charge in [-0.15, -0.1) is 0 Å². The fraction of sp³-hybridized carbons (Fsp3) is 0.577.